The predicted octanol–water partition coefficient (Wildman–Crippen LogP) is 2.62. The zero-order valence-electron chi connectivity index (χ0n) is 15.6. The number of carbonyl (C=O) groups excluding carboxylic acids is 1. The molecular weight excluding hydrogens is 354 g/mol. The molecular formula is C20H23N7O. The van der Waals surface area contributed by atoms with Crippen LogP contribution in [0.4, 0.5) is 17.5 Å². The van der Waals surface area contributed by atoms with Gasteiger partial charge in [-0.2, -0.15) is 4.98 Å². The Morgan fingerprint density at radius 1 is 1.11 bits per heavy atom. The van der Waals surface area contributed by atoms with Crippen LogP contribution in [0.1, 0.15) is 31.7 Å². The van der Waals surface area contributed by atoms with Crippen LogP contribution in [0.25, 0.3) is 11.0 Å². The molecule has 2 N–H and O–H groups in total. The van der Waals surface area contributed by atoms with E-state index in [1.165, 1.54) is 25.7 Å². The summed E-state index contributed by atoms with van der Waals surface area (Å²) < 4.78 is 2.28. The molecule has 8 heteroatoms. The van der Waals surface area contributed by atoms with Crippen molar-refractivity contribution in [2.45, 2.75) is 31.7 Å². The molecule has 3 aromatic rings. The largest absolute Gasteiger partial charge is 0.329 e. The highest BCUT2D eigenvalue weighted by atomic mass is 16.2. The third-order valence-electron chi connectivity index (χ3n) is 5.56. The van der Waals surface area contributed by atoms with Crippen molar-refractivity contribution in [2.75, 3.05) is 29.9 Å². The van der Waals surface area contributed by atoms with Crippen molar-refractivity contribution in [3.8, 4) is 0 Å². The smallest absolute Gasteiger partial charge is 0.241 e. The van der Waals surface area contributed by atoms with E-state index in [1.54, 1.807) is 11.1 Å². The molecule has 2 fully saturated rings. The normalized spacial score (nSPS) is 18.1. The molecule has 2 aliphatic rings. The van der Waals surface area contributed by atoms with Gasteiger partial charge >= 0.3 is 0 Å². The number of piperazine rings is 1. The number of aromatic nitrogens is 4. The summed E-state index contributed by atoms with van der Waals surface area (Å²) in [5, 5.41) is 7.31. The summed E-state index contributed by atoms with van der Waals surface area (Å²) in [4.78, 5) is 27.3. The standard InChI is InChI=1S/C20H23N7O/c28-18-13-21-8-10-26(18)16-5-6-17(22-12-16)24-20-23-11-14-7-9-27(19(14)25-20)15-3-1-2-4-15/h5-7,9,11-12,15,21H,1-4,8,10,13H2,(H,22,23,24,25). The first-order valence-corrected chi connectivity index (χ1v) is 9.86. The number of nitrogens with zero attached hydrogens (tertiary/aromatic N) is 5. The number of nitrogens with one attached hydrogen (secondary N) is 2. The van der Waals surface area contributed by atoms with Crippen molar-refractivity contribution < 1.29 is 4.79 Å². The minimum Gasteiger partial charge on any atom is -0.329 e. The van der Waals surface area contributed by atoms with Crippen molar-refractivity contribution >= 4 is 34.4 Å². The average molecular weight is 377 g/mol. The summed E-state index contributed by atoms with van der Waals surface area (Å²) in [6.07, 6.45) is 10.7. The molecule has 0 atom stereocenters. The summed E-state index contributed by atoms with van der Waals surface area (Å²) in [5.41, 5.74) is 1.77. The summed E-state index contributed by atoms with van der Waals surface area (Å²) in [6, 6.07) is 6.37. The predicted molar refractivity (Wildman–Crippen MR) is 108 cm³/mol. The maximum absolute atomic E-state index is 12.0. The van der Waals surface area contributed by atoms with E-state index < -0.39 is 0 Å². The lowest BCUT2D eigenvalue weighted by molar-refractivity contribution is -0.118. The molecule has 28 heavy (non-hydrogen) atoms. The van der Waals surface area contributed by atoms with Gasteiger partial charge in [0.15, 0.2) is 0 Å². The van der Waals surface area contributed by atoms with E-state index in [-0.39, 0.29) is 5.91 Å². The highest BCUT2D eigenvalue weighted by molar-refractivity contribution is 5.95. The maximum Gasteiger partial charge on any atom is 0.241 e. The summed E-state index contributed by atoms with van der Waals surface area (Å²) >= 11 is 0. The Morgan fingerprint density at radius 2 is 2.00 bits per heavy atom. The lowest BCUT2D eigenvalue weighted by atomic mass is 10.2. The second kappa shape index (κ2) is 7.20. The molecule has 5 rings (SSSR count). The Labute approximate surface area is 163 Å². The van der Waals surface area contributed by atoms with Gasteiger partial charge in [0.25, 0.3) is 0 Å². The molecule has 0 radical (unpaired) electrons. The molecule has 1 saturated carbocycles. The van der Waals surface area contributed by atoms with Crippen LogP contribution >= 0.6 is 0 Å². The van der Waals surface area contributed by atoms with Crippen LogP contribution in [0.15, 0.2) is 36.8 Å². The number of carbonyl (C=O) groups is 1. The maximum atomic E-state index is 12.0. The fourth-order valence-corrected chi connectivity index (χ4v) is 4.09. The van der Waals surface area contributed by atoms with Crippen LogP contribution in [0.5, 0.6) is 0 Å². The monoisotopic (exact) mass is 377 g/mol. The van der Waals surface area contributed by atoms with Crippen LogP contribution in [0, 0.1) is 0 Å². The molecule has 1 amide bonds. The lowest BCUT2D eigenvalue weighted by Crippen LogP contribution is -2.48. The fourth-order valence-electron chi connectivity index (χ4n) is 4.09. The zero-order chi connectivity index (χ0) is 18.9. The molecule has 1 saturated heterocycles. The fraction of sp³-hybridized carbons (Fsp3) is 0.400. The molecule has 144 valence electrons. The van der Waals surface area contributed by atoms with E-state index in [0.717, 1.165) is 23.3 Å². The Kier molecular flexibility index (Phi) is 4.40. The Morgan fingerprint density at radius 3 is 2.79 bits per heavy atom. The van der Waals surface area contributed by atoms with Gasteiger partial charge in [-0.15, -0.1) is 0 Å². The van der Waals surface area contributed by atoms with E-state index in [1.807, 2.05) is 18.3 Å². The lowest BCUT2D eigenvalue weighted by Gasteiger charge is -2.27. The van der Waals surface area contributed by atoms with Crippen molar-refractivity contribution in [1.29, 1.82) is 0 Å². The second-order valence-electron chi connectivity index (χ2n) is 7.38. The minimum atomic E-state index is 0.0650. The number of amides is 1. The number of pyridine rings is 1. The van der Waals surface area contributed by atoms with Gasteiger partial charge in [0.1, 0.15) is 11.5 Å². The molecule has 0 spiro atoms. The number of hydrogen-bond acceptors (Lipinski definition) is 6. The van der Waals surface area contributed by atoms with Gasteiger partial charge < -0.3 is 20.1 Å². The Bertz CT molecular complexity index is 991. The summed E-state index contributed by atoms with van der Waals surface area (Å²) in [6.45, 7) is 1.82. The first-order chi connectivity index (χ1) is 13.8. The highest BCUT2D eigenvalue weighted by Crippen LogP contribution is 2.32. The van der Waals surface area contributed by atoms with E-state index in [2.05, 4.69) is 37.4 Å². The average Bonchev–Trinajstić information content (AvgIpc) is 3.38. The van der Waals surface area contributed by atoms with Crippen molar-refractivity contribution in [2.24, 2.45) is 0 Å². The van der Waals surface area contributed by atoms with Gasteiger partial charge in [0, 0.05) is 36.9 Å². The van der Waals surface area contributed by atoms with Gasteiger partial charge in [0.2, 0.25) is 11.9 Å². The molecule has 4 heterocycles. The molecule has 8 nitrogen and oxygen atoms in total. The first-order valence-electron chi connectivity index (χ1n) is 9.86. The third-order valence-corrected chi connectivity index (χ3v) is 5.56. The Hall–Kier alpha value is -3.00. The number of hydrogen-bond donors (Lipinski definition) is 2. The van der Waals surface area contributed by atoms with Crippen LogP contribution in [0.2, 0.25) is 0 Å². The van der Waals surface area contributed by atoms with Crippen molar-refractivity contribution in [1.82, 2.24) is 24.8 Å². The van der Waals surface area contributed by atoms with Crippen molar-refractivity contribution in [3.05, 3.63) is 36.8 Å². The van der Waals surface area contributed by atoms with Gasteiger partial charge in [-0.3, -0.25) is 4.79 Å². The Balaban J connectivity index is 1.36. The third kappa shape index (κ3) is 3.20. The van der Waals surface area contributed by atoms with Crippen LogP contribution < -0.4 is 15.5 Å². The van der Waals surface area contributed by atoms with E-state index in [9.17, 15) is 4.79 Å². The summed E-state index contributed by atoms with van der Waals surface area (Å²) in [7, 11) is 0. The number of fused-ring (bicyclic) bond motifs is 1. The van der Waals surface area contributed by atoms with Crippen LogP contribution in [0.3, 0.4) is 0 Å². The van der Waals surface area contributed by atoms with E-state index in [4.69, 9.17) is 4.98 Å². The van der Waals surface area contributed by atoms with Gasteiger partial charge in [-0.05, 0) is 31.0 Å². The number of rotatable bonds is 4. The quantitative estimate of drug-likeness (QED) is 0.727. The van der Waals surface area contributed by atoms with Crippen LogP contribution in [-0.2, 0) is 4.79 Å². The molecule has 0 aromatic carbocycles. The zero-order valence-corrected chi connectivity index (χ0v) is 15.6. The molecule has 0 bridgehead atoms. The van der Waals surface area contributed by atoms with Gasteiger partial charge in [0.05, 0.1) is 18.4 Å². The van der Waals surface area contributed by atoms with E-state index in [0.29, 0.717) is 30.9 Å². The number of anilines is 3. The second-order valence-corrected chi connectivity index (χ2v) is 7.38. The SMILES string of the molecule is O=C1CNCCN1c1ccc(Nc2ncc3ccn(C4CCCC4)c3n2)nc1. The first kappa shape index (κ1) is 17.1. The molecule has 1 aliphatic heterocycles. The topological polar surface area (TPSA) is 88.0 Å². The van der Waals surface area contributed by atoms with E-state index >= 15 is 0 Å². The van der Waals surface area contributed by atoms with Gasteiger partial charge in [-0.1, -0.05) is 12.8 Å². The molecule has 3 aromatic heterocycles. The minimum absolute atomic E-state index is 0.0650. The molecule has 0 unspecified atom stereocenters. The van der Waals surface area contributed by atoms with Crippen molar-refractivity contribution in [3.63, 3.8) is 0 Å². The summed E-state index contributed by atoms with van der Waals surface area (Å²) in [5.74, 6) is 1.25. The molecule has 1 aliphatic carbocycles. The highest BCUT2D eigenvalue weighted by Gasteiger charge is 2.20. The van der Waals surface area contributed by atoms with Gasteiger partial charge in [-0.25, -0.2) is 9.97 Å². The van der Waals surface area contributed by atoms with Crippen LogP contribution in [-0.4, -0.2) is 45.1 Å².